The highest BCUT2D eigenvalue weighted by Gasteiger charge is 2.16. The Balaban J connectivity index is 1.87. The van der Waals surface area contributed by atoms with Crippen LogP contribution >= 0.6 is 11.6 Å². The van der Waals surface area contributed by atoms with Crippen molar-refractivity contribution in [3.05, 3.63) is 59.7 Å². The Kier molecular flexibility index (Phi) is 9.28. The fraction of sp³-hybridized carbons (Fsp3) is 0.409. The molecule has 0 aliphatic heterocycles. The van der Waals surface area contributed by atoms with E-state index in [2.05, 4.69) is 5.32 Å². The van der Waals surface area contributed by atoms with Crippen LogP contribution in [-0.4, -0.2) is 43.1 Å². The van der Waals surface area contributed by atoms with E-state index in [0.29, 0.717) is 42.5 Å². The zero-order valence-electron chi connectivity index (χ0n) is 16.4. The summed E-state index contributed by atoms with van der Waals surface area (Å²) in [6.45, 7) is 2.87. The highest BCUT2D eigenvalue weighted by molar-refractivity contribution is 6.17. The summed E-state index contributed by atoms with van der Waals surface area (Å²) in [5, 5.41) is 13.6. The van der Waals surface area contributed by atoms with Crippen molar-refractivity contribution >= 4 is 17.4 Å². The highest BCUT2D eigenvalue weighted by atomic mass is 35.5. The minimum Gasteiger partial charge on any atom is -0.493 e. The second-order valence-electron chi connectivity index (χ2n) is 6.53. The maximum absolute atomic E-state index is 12.5. The molecule has 0 fully saturated rings. The lowest BCUT2D eigenvalue weighted by Gasteiger charge is -2.20. The number of hydrogen-bond donors (Lipinski definition) is 2. The Hall–Kier alpha value is -2.08. The third-order valence-electron chi connectivity index (χ3n) is 4.45. The Labute approximate surface area is 171 Å². The van der Waals surface area contributed by atoms with Crippen LogP contribution in [0.25, 0.3) is 0 Å². The van der Waals surface area contributed by atoms with Crippen LogP contribution in [-0.2, 0) is 0 Å². The van der Waals surface area contributed by atoms with Gasteiger partial charge >= 0.3 is 0 Å². The molecule has 2 N–H and O–H groups in total. The van der Waals surface area contributed by atoms with E-state index in [1.807, 2.05) is 37.3 Å². The van der Waals surface area contributed by atoms with E-state index < -0.39 is 6.10 Å². The average Bonchev–Trinajstić information content (AvgIpc) is 2.73. The van der Waals surface area contributed by atoms with Crippen molar-refractivity contribution in [2.75, 3.05) is 26.1 Å². The van der Waals surface area contributed by atoms with Crippen LogP contribution in [0.1, 0.15) is 41.8 Å². The summed E-state index contributed by atoms with van der Waals surface area (Å²) in [4.78, 5) is 12.5. The summed E-state index contributed by atoms with van der Waals surface area (Å²) < 4.78 is 11.0. The molecule has 2 unspecified atom stereocenters. The lowest BCUT2D eigenvalue weighted by atomic mass is 10.0. The summed E-state index contributed by atoms with van der Waals surface area (Å²) >= 11 is 5.66. The van der Waals surface area contributed by atoms with Crippen LogP contribution in [0.15, 0.2) is 48.5 Å². The molecule has 0 aliphatic rings. The molecule has 2 aromatic rings. The molecule has 0 saturated carbocycles. The van der Waals surface area contributed by atoms with E-state index >= 15 is 0 Å². The van der Waals surface area contributed by atoms with Crippen LogP contribution in [0.4, 0.5) is 0 Å². The first-order valence-electron chi connectivity index (χ1n) is 9.43. The van der Waals surface area contributed by atoms with Crippen LogP contribution < -0.4 is 14.8 Å². The smallest absolute Gasteiger partial charge is 0.164 e. The van der Waals surface area contributed by atoms with Gasteiger partial charge in [-0.3, -0.25) is 4.79 Å². The van der Waals surface area contributed by atoms with Gasteiger partial charge < -0.3 is 19.9 Å². The molecule has 0 heterocycles. The van der Waals surface area contributed by atoms with Crippen molar-refractivity contribution in [3.63, 3.8) is 0 Å². The number of ether oxygens (including phenoxy) is 2. The van der Waals surface area contributed by atoms with E-state index in [-0.39, 0.29) is 11.8 Å². The molecule has 0 saturated heterocycles. The molecule has 2 aromatic carbocycles. The highest BCUT2D eigenvalue weighted by Crippen LogP contribution is 2.28. The molecule has 0 aromatic heterocycles. The number of ketones is 1. The van der Waals surface area contributed by atoms with Crippen molar-refractivity contribution in [2.45, 2.75) is 31.9 Å². The second-order valence-corrected chi connectivity index (χ2v) is 6.91. The molecule has 0 spiro atoms. The molecule has 0 aliphatic carbocycles. The van der Waals surface area contributed by atoms with Gasteiger partial charge in [0.15, 0.2) is 17.3 Å². The molecule has 28 heavy (non-hydrogen) atoms. The maximum atomic E-state index is 12.5. The van der Waals surface area contributed by atoms with E-state index in [9.17, 15) is 9.90 Å². The molecular weight excluding hydrogens is 378 g/mol. The minimum atomic E-state index is -0.624. The van der Waals surface area contributed by atoms with Crippen LogP contribution in [0.2, 0.25) is 0 Å². The van der Waals surface area contributed by atoms with Gasteiger partial charge in [-0.25, -0.2) is 0 Å². The Morgan fingerprint density at radius 1 is 1.18 bits per heavy atom. The van der Waals surface area contributed by atoms with Gasteiger partial charge in [-0.15, -0.1) is 11.6 Å². The van der Waals surface area contributed by atoms with Gasteiger partial charge in [-0.2, -0.15) is 0 Å². The third kappa shape index (κ3) is 6.51. The summed E-state index contributed by atoms with van der Waals surface area (Å²) in [7, 11) is 1.55. The van der Waals surface area contributed by atoms with E-state index in [4.69, 9.17) is 21.1 Å². The van der Waals surface area contributed by atoms with Gasteiger partial charge in [0, 0.05) is 30.5 Å². The number of benzene rings is 2. The van der Waals surface area contributed by atoms with Crippen molar-refractivity contribution in [3.8, 4) is 11.5 Å². The van der Waals surface area contributed by atoms with Crippen LogP contribution in [0.5, 0.6) is 11.5 Å². The number of rotatable bonds is 12. The largest absolute Gasteiger partial charge is 0.493 e. The number of carbonyl (C=O) groups is 1. The van der Waals surface area contributed by atoms with Crippen molar-refractivity contribution < 1.29 is 19.4 Å². The average molecular weight is 406 g/mol. The first-order valence-corrected chi connectivity index (χ1v) is 9.96. The predicted octanol–water partition coefficient (Wildman–Crippen LogP) is 3.99. The van der Waals surface area contributed by atoms with Gasteiger partial charge in [0.1, 0.15) is 0 Å². The van der Waals surface area contributed by atoms with Crippen molar-refractivity contribution in [2.24, 2.45) is 0 Å². The predicted molar refractivity (Wildman–Crippen MR) is 112 cm³/mol. The quantitative estimate of drug-likeness (QED) is 0.317. The van der Waals surface area contributed by atoms with E-state index in [0.717, 1.165) is 12.0 Å². The van der Waals surface area contributed by atoms with Crippen LogP contribution in [0.3, 0.4) is 0 Å². The first kappa shape index (κ1) is 22.2. The normalized spacial score (nSPS) is 13.0. The SMILES string of the molecule is COc1cc(C(=O)CCNC(C)C(O)c2ccccc2)ccc1OCCCCl. The maximum Gasteiger partial charge on any atom is 0.164 e. The number of aliphatic hydroxyl groups is 1. The molecule has 6 heteroatoms. The fourth-order valence-corrected chi connectivity index (χ4v) is 2.91. The van der Waals surface area contributed by atoms with Gasteiger partial charge in [-0.1, -0.05) is 30.3 Å². The van der Waals surface area contributed by atoms with Gasteiger partial charge in [0.05, 0.1) is 19.8 Å². The summed E-state index contributed by atoms with van der Waals surface area (Å²) in [6, 6.07) is 14.5. The lowest BCUT2D eigenvalue weighted by Crippen LogP contribution is -2.33. The Morgan fingerprint density at radius 3 is 2.61 bits per heavy atom. The van der Waals surface area contributed by atoms with Gasteiger partial charge in [0.25, 0.3) is 0 Å². The third-order valence-corrected chi connectivity index (χ3v) is 4.72. The minimum absolute atomic E-state index is 0.000455. The number of hydrogen-bond acceptors (Lipinski definition) is 5. The van der Waals surface area contributed by atoms with Crippen molar-refractivity contribution in [1.82, 2.24) is 5.32 Å². The molecule has 2 rings (SSSR count). The van der Waals surface area contributed by atoms with Gasteiger partial charge in [-0.05, 0) is 37.1 Å². The molecular formula is C22H28ClNO4. The number of nitrogens with one attached hydrogen (secondary N) is 1. The number of alkyl halides is 1. The number of methoxy groups -OCH3 is 1. The number of carbonyl (C=O) groups excluding carboxylic acids is 1. The molecule has 0 amide bonds. The summed E-state index contributed by atoms with van der Waals surface area (Å²) in [5.41, 5.74) is 1.42. The molecule has 152 valence electrons. The fourth-order valence-electron chi connectivity index (χ4n) is 2.81. The van der Waals surface area contributed by atoms with Gasteiger partial charge in [0.2, 0.25) is 0 Å². The van der Waals surface area contributed by atoms with E-state index in [1.165, 1.54) is 0 Å². The molecule has 5 nitrogen and oxygen atoms in total. The molecule has 0 bridgehead atoms. The zero-order valence-corrected chi connectivity index (χ0v) is 17.1. The lowest BCUT2D eigenvalue weighted by molar-refractivity contribution is 0.0971. The Morgan fingerprint density at radius 2 is 1.93 bits per heavy atom. The first-order chi connectivity index (χ1) is 13.6. The van der Waals surface area contributed by atoms with Crippen molar-refractivity contribution in [1.29, 1.82) is 0 Å². The topological polar surface area (TPSA) is 67.8 Å². The summed E-state index contributed by atoms with van der Waals surface area (Å²) in [5.74, 6) is 1.66. The zero-order chi connectivity index (χ0) is 20.4. The Bertz CT molecular complexity index is 739. The van der Waals surface area contributed by atoms with Crippen LogP contribution in [0, 0.1) is 0 Å². The molecule has 0 radical (unpaired) electrons. The summed E-state index contributed by atoms with van der Waals surface area (Å²) in [6.07, 6.45) is 0.437. The number of aliphatic hydroxyl groups excluding tert-OH is 1. The molecule has 2 atom stereocenters. The number of Topliss-reactive ketones (excluding diaryl/α,β-unsaturated/α-hetero) is 1. The van der Waals surface area contributed by atoms with E-state index in [1.54, 1.807) is 25.3 Å². The second kappa shape index (κ2) is 11.7. The standard InChI is InChI=1S/C22H28ClNO4/c1-16(22(26)17-7-4-3-5-8-17)24-13-11-19(25)18-9-10-20(21(15-18)27-2)28-14-6-12-23/h3-5,7-10,15-16,22,24,26H,6,11-14H2,1-2H3. The monoisotopic (exact) mass is 405 g/mol. The number of halogens is 1.